The number of hydrazone groups is 1. The number of aromatic nitrogens is 1. The molecule has 5 heteroatoms. The van der Waals surface area contributed by atoms with Crippen LogP contribution in [0.3, 0.4) is 0 Å². The first kappa shape index (κ1) is 18.3. The van der Waals surface area contributed by atoms with Crippen molar-refractivity contribution in [2.24, 2.45) is 5.10 Å². The molecule has 1 N–H and O–H groups in total. The van der Waals surface area contributed by atoms with Gasteiger partial charge in [-0.05, 0) is 54.1 Å². The second-order valence-electron chi connectivity index (χ2n) is 6.29. The molecule has 0 aliphatic heterocycles. The zero-order valence-corrected chi connectivity index (χ0v) is 15.6. The van der Waals surface area contributed by atoms with Gasteiger partial charge in [-0.2, -0.15) is 5.10 Å². The number of rotatable bonds is 6. The minimum Gasteiger partial charge on any atom is -0.457 e. The Bertz CT molecular complexity index is 1120. The van der Waals surface area contributed by atoms with E-state index in [9.17, 15) is 4.79 Å². The summed E-state index contributed by atoms with van der Waals surface area (Å²) < 4.78 is 7.71. The van der Waals surface area contributed by atoms with Gasteiger partial charge in [0.15, 0.2) is 0 Å². The molecule has 142 valence electrons. The number of carbonyl (C=O) groups excluding carboxylic acids is 1. The molecule has 5 nitrogen and oxygen atoms in total. The summed E-state index contributed by atoms with van der Waals surface area (Å²) in [6.07, 6.45) is 5.38. The predicted octanol–water partition coefficient (Wildman–Crippen LogP) is 5.03. The number of hydrogen-bond donors (Lipinski definition) is 1. The lowest BCUT2D eigenvalue weighted by atomic mass is 10.1. The van der Waals surface area contributed by atoms with Crippen LogP contribution in [-0.2, 0) is 0 Å². The van der Waals surface area contributed by atoms with E-state index in [1.807, 2.05) is 102 Å². The summed E-state index contributed by atoms with van der Waals surface area (Å²) in [5.41, 5.74) is 4.75. The number of nitrogens with one attached hydrogen (secondary N) is 1. The first-order valence-electron chi connectivity index (χ1n) is 9.18. The lowest BCUT2D eigenvalue weighted by molar-refractivity contribution is 0.0955. The number of hydrogen-bond acceptors (Lipinski definition) is 3. The summed E-state index contributed by atoms with van der Waals surface area (Å²) in [7, 11) is 0. The fourth-order valence-corrected chi connectivity index (χ4v) is 2.89. The highest BCUT2D eigenvalue weighted by Crippen LogP contribution is 2.21. The van der Waals surface area contributed by atoms with Crippen molar-refractivity contribution in [1.29, 1.82) is 0 Å². The lowest BCUT2D eigenvalue weighted by Crippen LogP contribution is -2.19. The minimum atomic E-state index is -0.276. The van der Waals surface area contributed by atoms with Gasteiger partial charge in [-0.1, -0.05) is 42.5 Å². The predicted molar refractivity (Wildman–Crippen MR) is 114 cm³/mol. The van der Waals surface area contributed by atoms with Crippen molar-refractivity contribution >= 4 is 12.1 Å². The normalized spacial score (nSPS) is 10.8. The molecule has 1 heterocycles. The second-order valence-corrected chi connectivity index (χ2v) is 6.29. The van der Waals surface area contributed by atoms with Gasteiger partial charge in [-0.25, -0.2) is 5.43 Å². The number of benzene rings is 3. The zero-order valence-electron chi connectivity index (χ0n) is 15.6. The number of ether oxygens (including phenoxy) is 1. The molecule has 29 heavy (non-hydrogen) atoms. The van der Waals surface area contributed by atoms with Gasteiger partial charge in [-0.15, -0.1) is 0 Å². The topological polar surface area (TPSA) is 55.6 Å². The Kier molecular flexibility index (Phi) is 5.48. The quantitative estimate of drug-likeness (QED) is 0.376. The van der Waals surface area contributed by atoms with Crippen molar-refractivity contribution in [3.8, 4) is 17.2 Å². The summed E-state index contributed by atoms with van der Waals surface area (Å²) in [6.45, 7) is 0. The summed E-state index contributed by atoms with van der Waals surface area (Å²) >= 11 is 0. The Morgan fingerprint density at radius 2 is 1.55 bits per heavy atom. The molecule has 0 saturated heterocycles. The van der Waals surface area contributed by atoms with Crippen LogP contribution in [0, 0.1) is 0 Å². The number of para-hydroxylation sites is 2. The van der Waals surface area contributed by atoms with Gasteiger partial charge < -0.3 is 9.30 Å². The van der Waals surface area contributed by atoms with Gasteiger partial charge in [0.2, 0.25) is 0 Å². The maximum Gasteiger partial charge on any atom is 0.273 e. The smallest absolute Gasteiger partial charge is 0.273 e. The van der Waals surface area contributed by atoms with Crippen LogP contribution in [-0.4, -0.2) is 16.7 Å². The number of nitrogens with zero attached hydrogens (tertiary/aromatic N) is 2. The zero-order chi connectivity index (χ0) is 19.9. The first-order valence-corrected chi connectivity index (χ1v) is 9.18. The molecule has 0 unspecified atom stereocenters. The monoisotopic (exact) mass is 381 g/mol. The Morgan fingerprint density at radius 3 is 2.38 bits per heavy atom. The molecule has 3 aromatic carbocycles. The Balaban J connectivity index is 1.45. The van der Waals surface area contributed by atoms with Crippen LogP contribution in [0.2, 0.25) is 0 Å². The molecular weight excluding hydrogens is 362 g/mol. The van der Waals surface area contributed by atoms with Crippen molar-refractivity contribution in [3.63, 3.8) is 0 Å². The summed E-state index contributed by atoms with van der Waals surface area (Å²) in [5.74, 6) is 1.18. The third kappa shape index (κ3) is 4.59. The number of amides is 1. The molecule has 0 aliphatic carbocycles. The number of carbonyl (C=O) groups is 1. The first-order chi connectivity index (χ1) is 14.3. The standard InChI is InChI=1S/C24H19N3O2/c28-24(22-13-4-5-14-23(22)27-15-6-7-16-27)26-25-18-19-9-8-12-21(17-19)29-20-10-2-1-3-11-20/h1-18H,(H,26,28)/b25-18-. The van der Waals surface area contributed by atoms with E-state index in [0.29, 0.717) is 11.3 Å². The van der Waals surface area contributed by atoms with Crippen LogP contribution in [0.15, 0.2) is 108 Å². The molecule has 0 atom stereocenters. The van der Waals surface area contributed by atoms with Crippen LogP contribution in [0.1, 0.15) is 15.9 Å². The van der Waals surface area contributed by atoms with E-state index in [4.69, 9.17) is 4.74 Å². The van der Waals surface area contributed by atoms with Crippen molar-refractivity contribution in [3.05, 3.63) is 115 Å². The van der Waals surface area contributed by atoms with E-state index in [2.05, 4.69) is 10.5 Å². The van der Waals surface area contributed by atoms with Crippen LogP contribution >= 0.6 is 0 Å². The molecule has 0 fully saturated rings. The molecule has 1 aromatic heterocycles. The van der Waals surface area contributed by atoms with E-state index in [0.717, 1.165) is 17.0 Å². The highest BCUT2D eigenvalue weighted by molar-refractivity contribution is 5.98. The van der Waals surface area contributed by atoms with Gasteiger partial charge in [-0.3, -0.25) is 4.79 Å². The van der Waals surface area contributed by atoms with Crippen molar-refractivity contribution in [1.82, 2.24) is 9.99 Å². The van der Waals surface area contributed by atoms with Gasteiger partial charge in [0.1, 0.15) is 11.5 Å². The van der Waals surface area contributed by atoms with E-state index in [1.54, 1.807) is 12.3 Å². The van der Waals surface area contributed by atoms with E-state index in [-0.39, 0.29) is 5.91 Å². The van der Waals surface area contributed by atoms with E-state index in [1.165, 1.54) is 0 Å². The Morgan fingerprint density at radius 1 is 0.828 bits per heavy atom. The minimum absolute atomic E-state index is 0.276. The van der Waals surface area contributed by atoms with Crippen LogP contribution < -0.4 is 10.2 Å². The van der Waals surface area contributed by atoms with Gasteiger partial charge in [0, 0.05) is 12.4 Å². The fourth-order valence-electron chi connectivity index (χ4n) is 2.89. The third-order valence-corrected chi connectivity index (χ3v) is 4.25. The summed E-state index contributed by atoms with van der Waals surface area (Å²) in [5, 5.41) is 4.10. The molecule has 0 aliphatic rings. The highest BCUT2D eigenvalue weighted by Gasteiger charge is 2.10. The van der Waals surface area contributed by atoms with Crippen LogP contribution in [0.5, 0.6) is 11.5 Å². The maximum absolute atomic E-state index is 12.6. The third-order valence-electron chi connectivity index (χ3n) is 4.25. The highest BCUT2D eigenvalue weighted by atomic mass is 16.5. The van der Waals surface area contributed by atoms with Crippen LogP contribution in [0.4, 0.5) is 0 Å². The maximum atomic E-state index is 12.6. The van der Waals surface area contributed by atoms with Gasteiger partial charge >= 0.3 is 0 Å². The van der Waals surface area contributed by atoms with Crippen molar-refractivity contribution in [2.45, 2.75) is 0 Å². The fraction of sp³-hybridized carbons (Fsp3) is 0. The largest absolute Gasteiger partial charge is 0.457 e. The molecule has 0 bridgehead atoms. The van der Waals surface area contributed by atoms with E-state index < -0.39 is 0 Å². The molecule has 1 amide bonds. The molecule has 4 aromatic rings. The van der Waals surface area contributed by atoms with Crippen molar-refractivity contribution < 1.29 is 9.53 Å². The molecule has 0 saturated carbocycles. The Labute approximate surface area is 168 Å². The van der Waals surface area contributed by atoms with E-state index >= 15 is 0 Å². The average Bonchev–Trinajstić information content (AvgIpc) is 3.29. The van der Waals surface area contributed by atoms with Gasteiger partial charge in [0.05, 0.1) is 17.5 Å². The lowest BCUT2D eigenvalue weighted by Gasteiger charge is -2.09. The average molecular weight is 381 g/mol. The van der Waals surface area contributed by atoms with Crippen LogP contribution in [0.25, 0.3) is 5.69 Å². The SMILES string of the molecule is O=C(N/N=C\c1cccc(Oc2ccccc2)c1)c1ccccc1-n1cccc1. The summed E-state index contributed by atoms with van der Waals surface area (Å²) in [6, 6.07) is 28.3. The molecule has 0 radical (unpaired) electrons. The van der Waals surface area contributed by atoms with Crippen molar-refractivity contribution in [2.75, 3.05) is 0 Å². The summed E-state index contributed by atoms with van der Waals surface area (Å²) in [4.78, 5) is 12.6. The van der Waals surface area contributed by atoms with Gasteiger partial charge in [0.25, 0.3) is 5.91 Å². The second kappa shape index (κ2) is 8.71. The molecular formula is C24H19N3O2. The molecule has 0 spiro atoms. The molecule has 4 rings (SSSR count). The Hall–Kier alpha value is -4.12.